The van der Waals surface area contributed by atoms with Crippen molar-refractivity contribution in [2.75, 3.05) is 10.5 Å². The fraction of sp³-hybridized carbons (Fsp3) is 0.250. The minimum atomic E-state index is -4.23. The van der Waals surface area contributed by atoms with Crippen LogP contribution in [0, 0.1) is 11.6 Å². The third kappa shape index (κ3) is 4.21. The van der Waals surface area contributed by atoms with E-state index in [1.807, 2.05) is 6.07 Å². The summed E-state index contributed by atoms with van der Waals surface area (Å²) in [5.41, 5.74) is 9.05. The standard InChI is InChI=1S/C24H23F2N5O2S/c25-17-8-9-21(20(26)12-17)34(32,33)30-18-5-3-4-15(11-18)10-16-13-31(19-6-1-2-7-19)24-22(16)23(27)28-14-29-24/h3-5,8-9,11-14,19,30H,1-2,6-7,10H2,(H2,27,28,29). The van der Waals surface area contributed by atoms with Crippen molar-refractivity contribution < 1.29 is 17.2 Å². The Kier molecular flexibility index (Phi) is 5.68. The lowest BCUT2D eigenvalue weighted by atomic mass is 10.0. The highest BCUT2D eigenvalue weighted by molar-refractivity contribution is 7.92. The molecule has 4 aromatic rings. The first-order valence-electron chi connectivity index (χ1n) is 11.0. The van der Waals surface area contributed by atoms with Gasteiger partial charge in [0.1, 0.15) is 34.3 Å². The number of nitrogens with one attached hydrogen (secondary N) is 1. The van der Waals surface area contributed by atoms with Crippen LogP contribution in [0.5, 0.6) is 0 Å². The summed E-state index contributed by atoms with van der Waals surface area (Å²) >= 11 is 0. The van der Waals surface area contributed by atoms with E-state index in [1.54, 1.807) is 18.2 Å². The van der Waals surface area contributed by atoms with Crippen LogP contribution >= 0.6 is 0 Å². The molecule has 0 saturated heterocycles. The van der Waals surface area contributed by atoms with Gasteiger partial charge in [0.2, 0.25) is 0 Å². The quantitative estimate of drug-likeness (QED) is 0.410. The van der Waals surface area contributed by atoms with Crippen molar-refractivity contribution in [1.29, 1.82) is 0 Å². The minimum absolute atomic E-state index is 0.268. The zero-order valence-corrected chi connectivity index (χ0v) is 19.0. The molecule has 2 aromatic heterocycles. The third-order valence-electron chi connectivity index (χ3n) is 6.19. The van der Waals surface area contributed by atoms with Crippen molar-refractivity contribution in [2.45, 2.75) is 43.0 Å². The van der Waals surface area contributed by atoms with E-state index in [9.17, 15) is 17.2 Å². The van der Waals surface area contributed by atoms with Crippen LogP contribution < -0.4 is 10.5 Å². The zero-order valence-electron chi connectivity index (χ0n) is 18.2. The molecule has 0 unspecified atom stereocenters. The summed E-state index contributed by atoms with van der Waals surface area (Å²) in [6, 6.07) is 9.54. The molecule has 2 heterocycles. The lowest BCUT2D eigenvalue weighted by molar-refractivity contribution is 0.531. The van der Waals surface area contributed by atoms with Gasteiger partial charge in [0.25, 0.3) is 10.0 Å². The smallest absolute Gasteiger partial charge is 0.264 e. The van der Waals surface area contributed by atoms with E-state index in [-0.39, 0.29) is 5.69 Å². The largest absolute Gasteiger partial charge is 0.383 e. The molecule has 1 aliphatic rings. The number of rotatable bonds is 6. The van der Waals surface area contributed by atoms with Crippen molar-refractivity contribution in [1.82, 2.24) is 14.5 Å². The topological polar surface area (TPSA) is 103 Å². The second kappa shape index (κ2) is 8.68. The number of hydrogen-bond acceptors (Lipinski definition) is 5. The highest BCUT2D eigenvalue weighted by atomic mass is 32.2. The van der Waals surface area contributed by atoms with Crippen LogP contribution in [-0.2, 0) is 16.4 Å². The van der Waals surface area contributed by atoms with Gasteiger partial charge in [-0.25, -0.2) is 27.2 Å². The van der Waals surface area contributed by atoms with E-state index in [1.165, 1.54) is 19.2 Å². The molecule has 0 spiro atoms. The molecule has 10 heteroatoms. The number of sulfonamides is 1. The summed E-state index contributed by atoms with van der Waals surface area (Å²) in [7, 11) is -4.23. The Bertz CT molecular complexity index is 1480. The first-order valence-corrected chi connectivity index (χ1v) is 12.5. The Morgan fingerprint density at radius 1 is 1.09 bits per heavy atom. The summed E-state index contributed by atoms with van der Waals surface area (Å²) in [6.45, 7) is 0. The summed E-state index contributed by atoms with van der Waals surface area (Å²) in [5, 5.41) is 0.800. The molecule has 0 atom stereocenters. The molecule has 1 saturated carbocycles. The van der Waals surface area contributed by atoms with E-state index in [0.29, 0.717) is 24.3 Å². The molecule has 0 radical (unpaired) electrons. The zero-order chi connectivity index (χ0) is 23.9. The minimum Gasteiger partial charge on any atom is -0.383 e. The van der Waals surface area contributed by atoms with Crippen LogP contribution in [0.4, 0.5) is 20.3 Å². The predicted octanol–water partition coefficient (Wildman–Crippen LogP) is 4.80. The molecular formula is C24H23F2N5O2S. The summed E-state index contributed by atoms with van der Waals surface area (Å²) in [6.07, 6.45) is 8.55. The Labute approximate surface area is 195 Å². The van der Waals surface area contributed by atoms with Crippen molar-refractivity contribution in [2.24, 2.45) is 0 Å². The van der Waals surface area contributed by atoms with Crippen LogP contribution in [-0.4, -0.2) is 23.0 Å². The third-order valence-corrected chi connectivity index (χ3v) is 7.61. The maximum atomic E-state index is 14.0. The number of aromatic nitrogens is 3. The van der Waals surface area contributed by atoms with E-state index in [2.05, 4.69) is 25.5 Å². The SMILES string of the molecule is Nc1ncnc2c1c(Cc1cccc(NS(=O)(=O)c3ccc(F)cc3F)c1)cn2C1CCCC1. The van der Waals surface area contributed by atoms with E-state index in [0.717, 1.165) is 47.1 Å². The van der Waals surface area contributed by atoms with E-state index >= 15 is 0 Å². The number of fused-ring (bicyclic) bond motifs is 1. The van der Waals surface area contributed by atoms with E-state index < -0.39 is 26.6 Å². The molecule has 3 N–H and O–H groups in total. The first-order chi connectivity index (χ1) is 16.3. The van der Waals surface area contributed by atoms with Gasteiger partial charge in [-0.15, -0.1) is 0 Å². The second-order valence-corrected chi connectivity index (χ2v) is 10.2. The first kappa shape index (κ1) is 22.3. The molecule has 0 amide bonds. The Morgan fingerprint density at radius 3 is 2.65 bits per heavy atom. The average molecular weight is 484 g/mol. The highest BCUT2D eigenvalue weighted by Crippen LogP contribution is 2.35. The Balaban J connectivity index is 1.46. The van der Waals surface area contributed by atoms with Gasteiger partial charge >= 0.3 is 0 Å². The van der Waals surface area contributed by atoms with Gasteiger partial charge in [-0.2, -0.15) is 0 Å². The molecule has 1 fully saturated rings. The Hall–Kier alpha value is -3.53. The van der Waals surface area contributed by atoms with Crippen molar-refractivity contribution in [3.8, 4) is 0 Å². The molecule has 176 valence electrons. The van der Waals surface area contributed by atoms with Gasteiger partial charge in [0, 0.05) is 24.0 Å². The number of nitrogens with two attached hydrogens (primary N) is 1. The summed E-state index contributed by atoms with van der Waals surface area (Å²) in [4.78, 5) is 8.02. The number of benzene rings is 2. The van der Waals surface area contributed by atoms with Crippen LogP contribution in [0.2, 0.25) is 0 Å². The van der Waals surface area contributed by atoms with Crippen LogP contribution in [0.3, 0.4) is 0 Å². The number of nitrogen functional groups attached to an aromatic ring is 1. The summed E-state index contributed by atoms with van der Waals surface area (Å²) in [5.74, 6) is -1.60. The summed E-state index contributed by atoms with van der Waals surface area (Å²) < 4.78 is 57.1. The second-order valence-electron chi connectivity index (χ2n) is 8.51. The molecule has 0 bridgehead atoms. The van der Waals surface area contributed by atoms with Crippen LogP contribution in [0.25, 0.3) is 11.0 Å². The van der Waals surface area contributed by atoms with Gasteiger partial charge in [0.05, 0.1) is 5.39 Å². The fourth-order valence-corrected chi connectivity index (χ4v) is 5.76. The number of nitrogens with zero attached hydrogens (tertiary/aromatic N) is 3. The van der Waals surface area contributed by atoms with Crippen LogP contribution in [0.1, 0.15) is 42.9 Å². The molecule has 5 rings (SSSR count). The number of anilines is 2. The maximum Gasteiger partial charge on any atom is 0.264 e. The van der Waals surface area contributed by atoms with Gasteiger partial charge in [0.15, 0.2) is 0 Å². The van der Waals surface area contributed by atoms with E-state index in [4.69, 9.17) is 5.73 Å². The van der Waals surface area contributed by atoms with Crippen LogP contribution in [0.15, 0.2) is 59.9 Å². The molecular weight excluding hydrogens is 460 g/mol. The number of hydrogen-bond donors (Lipinski definition) is 2. The Morgan fingerprint density at radius 2 is 1.88 bits per heavy atom. The van der Waals surface area contributed by atoms with Gasteiger partial charge in [-0.05, 0) is 54.7 Å². The molecule has 7 nitrogen and oxygen atoms in total. The fourth-order valence-electron chi connectivity index (χ4n) is 4.65. The highest BCUT2D eigenvalue weighted by Gasteiger charge is 2.23. The van der Waals surface area contributed by atoms with Crippen molar-refractivity contribution in [3.63, 3.8) is 0 Å². The number of halogens is 2. The lowest BCUT2D eigenvalue weighted by Gasteiger charge is -2.12. The lowest BCUT2D eigenvalue weighted by Crippen LogP contribution is -2.15. The van der Waals surface area contributed by atoms with Gasteiger partial charge in [-0.3, -0.25) is 4.72 Å². The molecule has 0 aliphatic heterocycles. The van der Waals surface area contributed by atoms with Crippen molar-refractivity contribution >= 4 is 32.6 Å². The monoisotopic (exact) mass is 483 g/mol. The molecule has 1 aliphatic carbocycles. The van der Waals surface area contributed by atoms with Gasteiger partial charge in [-0.1, -0.05) is 25.0 Å². The predicted molar refractivity (Wildman–Crippen MR) is 126 cm³/mol. The average Bonchev–Trinajstić information content (AvgIpc) is 3.42. The normalized spacial score (nSPS) is 14.6. The molecule has 2 aromatic carbocycles. The molecule has 34 heavy (non-hydrogen) atoms. The maximum absolute atomic E-state index is 14.0. The van der Waals surface area contributed by atoms with Crippen molar-refractivity contribution in [3.05, 3.63) is 77.8 Å². The van der Waals surface area contributed by atoms with Gasteiger partial charge < -0.3 is 10.3 Å².